The Balaban J connectivity index is 1.90. The van der Waals surface area contributed by atoms with Gasteiger partial charge in [-0.15, -0.1) is 11.3 Å². The lowest BCUT2D eigenvalue weighted by Gasteiger charge is -2.26. The number of aliphatic carboxylic acids is 1. The van der Waals surface area contributed by atoms with E-state index in [0.29, 0.717) is 42.1 Å². The Bertz CT molecular complexity index is 1110. The number of carboxylic acid groups (broad SMARTS) is 1. The molecule has 2 aromatic carbocycles. The normalized spacial score (nSPS) is 12.9. The summed E-state index contributed by atoms with van der Waals surface area (Å²) < 4.78 is 11.8. The lowest BCUT2D eigenvalue weighted by molar-refractivity contribution is -0.143. The number of ether oxygens (including phenoxy) is 2. The number of carboxylic acids is 1. The van der Waals surface area contributed by atoms with Gasteiger partial charge >= 0.3 is 5.97 Å². The summed E-state index contributed by atoms with van der Waals surface area (Å²) in [6.45, 7) is 7.26. The summed E-state index contributed by atoms with van der Waals surface area (Å²) in [6.07, 6.45) is 2.12. The summed E-state index contributed by atoms with van der Waals surface area (Å²) in [7, 11) is 3.19. The molecule has 0 fully saturated rings. The summed E-state index contributed by atoms with van der Waals surface area (Å²) in [5.41, 5.74) is 0.115. The first-order chi connectivity index (χ1) is 16.3. The Labute approximate surface area is 205 Å². The smallest absolute Gasteiger partial charge is 0.314 e. The lowest BCUT2D eigenvalue weighted by Crippen LogP contribution is -2.35. The van der Waals surface area contributed by atoms with Gasteiger partial charge in [-0.25, -0.2) is 0 Å². The maximum absolute atomic E-state index is 12.9. The zero-order valence-corrected chi connectivity index (χ0v) is 21.3. The summed E-state index contributed by atoms with van der Waals surface area (Å²) in [6, 6.07) is 12.9. The molecule has 7 heteroatoms. The van der Waals surface area contributed by atoms with Crippen molar-refractivity contribution >= 4 is 33.3 Å². The first-order valence-corrected chi connectivity index (χ1v) is 12.4. The van der Waals surface area contributed by atoms with Crippen molar-refractivity contribution < 1.29 is 24.2 Å². The number of carbonyl (C=O) groups is 2. The predicted octanol–water partition coefficient (Wildman–Crippen LogP) is 5.77. The minimum atomic E-state index is -1.14. The van der Waals surface area contributed by atoms with Gasteiger partial charge in [0.15, 0.2) is 11.5 Å². The van der Waals surface area contributed by atoms with Crippen molar-refractivity contribution in [3.63, 3.8) is 0 Å². The summed E-state index contributed by atoms with van der Waals surface area (Å²) in [5, 5.41) is 11.2. The molecule has 1 unspecified atom stereocenters. The molecule has 0 aliphatic rings. The van der Waals surface area contributed by atoms with E-state index in [1.165, 1.54) is 0 Å². The number of carbonyl (C=O) groups excluding carboxylic acids is 1. The van der Waals surface area contributed by atoms with Crippen LogP contribution in [-0.4, -0.2) is 49.2 Å². The fraction of sp³-hybridized carbons (Fsp3) is 0.407. The number of hydrogen-bond acceptors (Lipinski definition) is 5. The molecule has 34 heavy (non-hydrogen) atoms. The van der Waals surface area contributed by atoms with Crippen molar-refractivity contribution in [3.05, 3.63) is 58.5 Å². The van der Waals surface area contributed by atoms with Crippen molar-refractivity contribution in [2.45, 2.75) is 45.4 Å². The van der Waals surface area contributed by atoms with E-state index < -0.39 is 11.4 Å². The number of amides is 1. The minimum absolute atomic E-state index is 0.0142. The Morgan fingerprint density at radius 2 is 1.56 bits per heavy atom. The third-order valence-electron chi connectivity index (χ3n) is 6.12. The molecule has 1 aromatic heterocycles. The molecule has 0 spiro atoms. The molecule has 0 aliphatic carbocycles. The maximum Gasteiger partial charge on any atom is 0.314 e. The van der Waals surface area contributed by atoms with Gasteiger partial charge in [0.25, 0.3) is 5.91 Å². The second-order valence-corrected chi connectivity index (χ2v) is 9.81. The first-order valence-electron chi connectivity index (χ1n) is 11.5. The average molecular weight is 484 g/mol. The molecule has 0 saturated heterocycles. The van der Waals surface area contributed by atoms with Crippen LogP contribution in [0.1, 0.15) is 54.4 Å². The summed E-state index contributed by atoms with van der Waals surface area (Å²) in [4.78, 5) is 28.1. The van der Waals surface area contributed by atoms with Crippen molar-refractivity contribution in [2.75, 3.05) is 27.3 Å². The molecule has 0 bridgehead atoms. The van der Waals surface area contributed by atoms with Gasteiger partial charge < -0.3 is 19.5 Å². The van der Waals surface area contributed by atoms with E-state index in [4.69, 9.17) is 9.47 Å². The van der Waals surface area contributed by atoms with E-state index in [-0.39, 0.29) is 5.91 Å². The number of nitrogens with zero attached hydrogens (tertiary/aromatic N) is 1. The summed E-state index contributed by atoms with van der Waals surface area (Å²) >= 11 is 1.55. The topological polar surface area (TPSA) is 76.1 Å². The van der Waals surface area contributed by atoms with Crippen molar-refractivity contribution in [3.8, 4) is 11.5 Å². The fourth-order valence-electron chi connectivity index (χ4n) is 4.18. The fourth-order valence-corrected chi connectivity index (χ4v) is 5.41. The van der Waals surface area contributed by atoms with Crippen molar-refractivity contribution in [2.24, 2.45) is 0 Å². The van der Waals surface area contributed by atoms with Gasteiger partial charge in [0.1, 0.15) is 0 Å². The molecule has 0 aliphatic heterocycles. The molecule has 6 nitrogen and oxygen atoms in total. The van der Waals surface area contributed by atoms with Crippen LogP contribution in [0.15, 0.2) is 42.5 Å². The molecule has 3 rings (SSSR count). The Hall–Kier alpha value is -3.06. The van der Waals surface area contributed by atoms with Gasteiger partial charge in [-0.3, -0.25) is 9.59 Å². The van der Waals surface area contributed by atoms with Crippen LogP contribution in [0.2, 0.25) is 0 Å². The highest BCUT2D eigenvalue weighted by atomic mass is 32.1. The van der Waals surface area contributed by atoms with Crippen molar-refractivity contribution in [1.29, 1.82) is 0 Å². The number of thiophene rings is 1. The van der Waals surface area contributed by atoms with E-state index in [1.807, 2.05) is 23.1 Å². The molecular formula is C27H33NO5S. The van der Waals surface area contributed by atoms with Gasteiger partial charge in [0.05, 0.1) is 19.6 Å². The van der Waals surface area contributed by atoms with Gasteiger partial charge in [-0.05, 0) is 55.0 Å². The predicted molar refractivity (Wildman–Crippen MR) is 137 cm³/mol. The molecular weight excluding hydrogens is 450 g/mol. The third-order valence-corrected chi connectivity index (χ3v) is 7.21. The van der Waals surface area contributed by atoms with Crippen LogP contribution in [0.4, 0.5) is 0 Å². The standard InChI is InChI=1S/C27H33NO5S/c1-6-12-28(13-7-2)25(29)18-8-10-20(11-9-18)27(3,26(30)31)17-21-14-19-15-22(32-4)23(33-5)16-24(19)34-21/h8-11,14-16H,6-7,12-13,17H2,1-5H3,(H,30,31). The number of hydrogen-bond donors (Lipinski definition) is 1. The molecule has 0 saturated carbocycles. The quantitative estimate of drug-likeness (QED) is 0.375. The van der Waals surface area contributed by atoms with E-state index in [0.717, 1.165) is 27.8 Å². The highest BCUT2D eigenvalue weighted by molar-refractivity contribution is 7.19. The van der Waals surface area contributed by atoms with Gasteiger partial charge in [0, 0.05) is 40.7 Å². The number of methoxy groups -OCH3 is 2. The molecule has 1 amide bonds. The van der Waals surface area contributed by atoms with Crippen LogP contribution in [0.5, 0.6) is 11.5 Å². The monoisotopic (exact) mass is 483 g/mol. The molecule has 1 atom stereocenters. The van der Waals surface area contributed by atoms with Gasteiger partial charge in [-0.2, -0.15) is 0 Å². The highest BCUT2D eigenvalue weighted by Crippen LogP contribution is 2.39. The Morgan fingerprint density at radius 3 is 2.09 bits per heavy atom. The second-order valence-electron chi connectivity index (χ2n) is 8.64. The molecule has 1 N–H and O–H groups in total. The molecule has 0 radical (unpaired) electrons. The van der Waals surface area contributed by atoms with Crippen LogP contribution in [0, 0.1) is 0 Å². The van der Waals surface area contributed by atoms with Crippen LogP contribution in [0.3, 0.4) is 0 Å². The zero-order valence-electron chi connectivity index (χ0n) is 20.5. The molecule has 182 valence electrons. The van der Waals surface area contributed by atoms with Crippen molar-refractivity contribution in [1.82, 2.24) is 4.90 Å². The SMILES string of the molecule is CCCN(CCC)C(=O)c1ccc(C(C)(Cc2cc3cc(OC)c(OC)cc3s2)C(=O)O)cc1. The Morgan fingerprint density at radius 1 is 0.971 bits per heavy atom. The molecule has 1 heterocycles. The molecule has 3 aromatic rings. The van der Waals surface area contributed by atoms with E-state index in [2.05, 4.69) is 13.8 Å². The summed E-state index contributed by atoms with van der Waals surface area (Å²) in [5.74, 6) is 0.364. The Kier molecular flexibility index (Phi) is 8.20. The minimum Gasteiger partial charge on any atom is -0.493 e. The first kappa shape index (κ1) is 25.6. The van der Waals surface area contributed by atoms with E-state index >= 15 is 0 Å². The largest absolute Gasteiger partial charge is 0.493 e. The van der Waals surface area contributed by atoms with E-state index in [1.54, 1.807) is 56.7 Å². The number of fused-ring (bicyclic) bond motifs is 1. The zero-order chi connectivity index (χ0) is 24.9. The van der Waals surface area contributed by atoms with Gasteiger partial charge in [-0.1, -0.05) is 26.0 Å². The third kappa shape index (κ3) is 5.20. The van der Waals surface area contributed by atoms with Crippen LogP contribution in [0.25, 0.3) is 10.1 Å². The maximum atomic E-state index is 12.9. The van der Waals surface area contributed by atoms with Crippen LogP contribution in [-0.2, 0) is 16.6 Å². The number of benzene rings is 2. The van der Waals surface area contributed by atoms with Crippen LogP contribution >= 0.6 is 11.3 Å². The van der Waals surface area contributed by atoms with Gasteiger partial charge in [0.2, 0.25) is 0 Å². The van der Waals surface area contributed by atoms with Crippen LogP contribution < -0.4 is 9.47 Å². The second kappa shape index (κ2) is 10.9. The van der Waals surface area contributed by atoms with E-state index in [9.17, 15) is 14.7 Å². The average Bonchev–Trinajstić information content (AvgIpc) is 3.23. The lowest BCUT2D eigenvalue weighted by atomic mass is 9.78. The highest BCUT2D eigenvalue weighted by Gasteiger charge is 2.36. The number of rotatable bonds is 11.